The van der Waals surface area contributed by atoms with Crippen LogP contribution in [0.4, 0.5) is 0 Å². The van der Waals surface area contributed by atoms with Crippen LogP contribution in [0.25, 0.3) is 0 Å². The summed E-state index contributed by atoms with van der Waals surface area (Å²) in [5, 5.41) is 0. The van der Waals surface area contributed by atoms with Gasteiger partial charge in [0.15, 0.2) is 0 Å². The van der Waals surface area contributed by atoms with E-state index in [9.17, 15) is 13.0 Å². The van der Waals surface area contributed by atoms with Crippen molar-refractivity contribution in [3.05, 3.63) is 0 Å². The summed E-state index contributed by atoms with van der Waals surface area (Å²) in [6.45, 7) is 4.57. The molecule has 0 amide bonds. The Morgan fingerprint density at radius 1 is 0.486 bits per heavy atom. The summed E-state index contributed by atoms with van der Waals surface area (Å²) >= 11 is 0. The monoisotopic (exact) mass is 554 g/mol. The minimum Gasteiger partial charge on any atom is -0.726 e. The van der Waals surface area contributed by atoms with Crippen molar-refractivity contribution in [2.75, 3.05) is 6.61 Å². The van der Waals surface area contributed by atoms with Crippen molar-refractivity contribution < 1.29 is 46.7 Å². The molecule has 0 heterocycles. The van der Waals surface area contributed by atoms with Gasteiger partial charge in [0.2, 0.25) is 10.4 Å². The van der Waals surface area contributed by atoms with Crippen LogP contribution in [0.2, 0.25) is 0 Å². The van der Waals surface area contributed by atoms with Crippen molar-refractivity contribution in [1.29, 1.82) is 0 Å². The molecule has 0 spiro atoms. The number of hydrogen-bond donors (Lipinski definition) is 0. The fourth-order valence-corrected chi connectivity index (χ4v) is 5.57. The van der Waals surface area contributed by atoms with Crippen LogP contribution in [0.5, 0.6) is 0 Å². The fraction of sp³-hybridized carbons (Fsp3) is 1.00. The van der Waals surface area contributed by atoms with Gasteiger partial charge in [0, 0.05) is 0 Å². The Morgan fingerprint density at radius 3 is 0.973 bits per heavy atom. The van der Waals surface area contributed by atoms with Gasteiger partial charge in [-0.2, -0.15) is 0 Å². The Balaban J connectivity index is 0. The van der Waals surface area contributed by atoms with Crippen LogP contribution in [0.15, 0.2) is 0 Å². The first-order valence-corrected chi connectivity index (χ1v) is 17.4. The van der Waals surface area contributed by atoms with E-state index in [0.29, 0.717) is 0 Å². The zero-order valence-corrected chi connectivity index (χ0v) is 28.2. The SMILES string of the molecule is CCCCCCCCCCCCCCCCCCCCCC(CCCCCCCC)COS(=O)(=O)[O-].[Na+]. The fourth-order valence-electron chi connectivity index (χ4n) is 5.22. The third kappa shape index (κ3) is 34.8. The Labute approximate surface area is 255 Å². The summed E-state index contributed by atoms with van der Waals surface area (Å²) in [6, 6.07) is 0. The van der Waals surface area contributed by atoms with E-state index in [4.69, 9.17) is 0 Å². The normalized spacial score (nSPS) is 12.5. The Morgan fingerprint density at radius 2 is 0.730 bits per heavy atom. The van der Waals surface area contributed by atoms with Crippen LogP contribution >= 0.6 is 0 Å². The van der Waals surface area contributed by atoms with E-state index in [1.807, 2.05) is 0 Å². The molecule has 0 bridgehead atoms. The third-order valence-corrected chi connectivity index (χ3v) is 8.05. The number of hydrogen-bond acceptors (Lipinski definition) is 4. The zero-order chi connectivity index (χ0) is 26.6. The van der Waals surface area contributed by atoms with Gasteiger partial charge in [0.1, 0.15) is 0 Å². The maximum atomic E-state index is 10.9. The number of unbranched alkanes of at least 4 members (excludes halogenated alkanes) is 23. The molecule has 0 N–H and O–H groups in total. The molecule has 4 nitrogen and oxygen atoms in total. The molecule has 0 saturated heterocycles. The number of rotatable bonds is 30. The van der Waals surface area contributed by atoms with E-state index in [1.54, 1.807) is 0 Å². The quantitative estimate of drug-likeness (QED) is 0.0396. The predicted octanol–water partition coefficient (Wildman–Crippen LogP) is 7.66. The molecule has 0 aliphatic carbocycles. The van der Waals surface area contributed by atoms with Gasteiger partial charge in [0.25, 0.3) is 0 Å². The molecule has 0 fully saturated rings. The molecule has 1 unspecified atom stereocenters. The van der Waals surface area contributed by atoms with Crippen LogP contribution in [-0.2, 0) is 14.6 Å². The van der Waals surface area contributed by atoms with Crippen molar-refractivity contribution >= 4 is 10.4 Å². The second kappa shape index (κ2) is 31.4. The molecule has 0 aliphatic heterocycles. The van der Waals surface area contributed by atoms with Crippen molar-refractivity contribution in [2.45, 2.75) is 187 Å². The van der Waals surface area contributed by atoms with Crippen molar-refractivity contribution in [3.63, 3.8) is 0 Å². The molecule has 0 saturated carbocycles. The van der Waals surface area contributed by atoms with Crippen molar-refractivity contribution in [3.8, 4) is 0 Å². The van der Waals surface area contributed by atoms with Crippen LogP contribution < -0.4 is 29.6 Å². The Kier molecular flexibility index (Phi) is 34.0. The smallest absolute Gasteiger partial charge is 0.726 e. The van der Waals surface area contributed by atoms with Crippen LogP contribution in [0.3, 0.4) is 0 Å². The summed E-state index contributed by atoms with van der Waals surface area (Å²) < 4.78 is 37.2. The topological polar surface area (TPSA) is 66.4 Å². The summed E-state index contributed by atoms with van der Waals surface area (Å²) in [6.07, 6.45) is 35.4. The van der Waals surface area contributed by atoms with E-state index in [1.165, 1.54) is 148 Å². The van der Waals surface area contributed by atoms with Gasteiger partial charge in [-0.25, -0.2) is 8.42 Å². The van der Waals surface area contributed by atoms with E-state index in [-0.39, 0.29) is 42.1 Å². The summed E-state index contributed by atoms with van der Waals surface area (Å²) in [5.41, 5.74) is 0. The van der Waals surface area contributed by atoms with E-state index < -0.39 is 10.4 Å². The molecule has 37 heavy (non-hydrogen) atoms. The minimum atomic E-state index is -4.58. The van der Waals surface area contributed by atoms with Crippen LogP contribution in [-0.4, -0.2) is 19.6 Å². The Hall–Kier alpha value is 0.870. The molecular weight excluding hydrogens is 491 g/mol. The molecule has 218 valence electrons. The third-order valence-electron chi connectivity index (χ3n) is 7.63. The first kappa shape index (κ1) is 40.0. The molecule has 0 aromatic carbocycles. The van der Waals surface area contributed by atoms with Gasteiger partial charge < -0.3 is 4.55 Å². The first-order valence-electron chi connectivity index (χ1n) is 16.1. The van der Waals surface area contributed by atoms with Gasteiger partial charge in [0.05, 0.1) is 6.61 Å². The molecular formula is C31H63NaO4S. The molecule has 0 aromatic rings. The Bertz CT molecular complexity index is 527. The molecule has 0 rings (SSSR count). The van der Waals surface area contributed by atoms with E-state index in [2.05, 4.69) is 18.0 Å². The second-order valence-electron chi connectivity index (χ2n) is 11.3. The van der Waals surface area contributed by atoms with Crippen LogP contribution in [0, 0.1) is 5.92 Å². The van der Waals surface area contributed by atoms with Gasteiger partial charge >= 0.3 is 29.6 Å². The predicted molar refractivity (Wildman–Crippen MR) is 155 cm³/mol. The van der Waals surface area contributed by atoms with Gasteiger partial charge in [-0.15, -0.1) is 0 Å². The molecule has 6 heteroatoms. The average Bonchev–Trinajstić information content (AvgIpc) is 2.85. The van der Waals surface area contributed by atoms with Crippen LogP contribution in [0.1, 0.15) is 187 Å². The molecule has 0 radical (unpaired) electrons. The van der Waals surface area contributed by atoms with Gasteiger partial charge in [-0.05, 0) is 18.8 Å². The molecule has 1 atom stereocenters. The van der Waals surface area contributed by atoms with Crippen molar-refractivity contribution in [1.82, 2.24) is 0 Å². The molecule has 0 aliphatic rings. The standard InChI is InChI=1S/C31H64O4S.Na/c1-3-5-7-9-11-12-13-14-15-16-17-18-19-20-21-22-23-25-27-29-31(30-35-36(32,33)34)28-26-24-10-8-6-4-2;/h31H,3-30H2,1-2H3,(H,32,33,34);/q;+1/p-1. The van der Waals surface area contributed by atoms with E-state index in [0.717, 1.165) is 25.7 Å². The van der Waals surface area contributed by atoms with E-state index >= 15 is 0 Å². The zero-order valence-electron chi connectivity index (χ0n) is 25.4. The summed E-state index contributed by atoms with van der Waals surface area (Å²) in [5.74, 6) is 0.200. The van der Waals surface area contributed by atoms with Gasteiger partial charge in [-0.3, -0.25) is 4.18 Å². The second-order valence-corrected chi connectivity index (χ2v) is 12.3. The first-order chi connectivity index (χ1) is 17.5. The largest absolute Gasteiger partial charge is 1.00 e. The summed E-state index contributed by atoms with van der Waals surface area (Å²) in [7, 11) is -4.58. The average molecular weight is 555 g/mol. The maximum absolute atomic E-state index is 10.9. The summed E-state index contributed by atoms with van der Waals surface area (Å²) in [4.78, 5) is 0. The van der Waals surface area contributed by atoms with Crippen molar-refractivity contribution in [2.24, 2.45) is 5.92 Å². The molecule has 0 aromatic heterocycles. The minimum absolute atomic E-state index is 0. The maximum Gasteiger partial charge on any atom is 1.00 e. The van der Waals surface area contributed by atoms with Gasteiger partial charge in [-0.1, -0.05) is 174 Å².